The molecule has 0 saturated heterocycles. The molecule has 0 saturated carbocycles. The summed E-state index contributed by atoms with van der Waals surface area (Å²) in [6, 6.07) is 20.5. The minimum Gasteiger partial charge on any atom is -0.352 e. The van der Waals surface area contributed by atoms with E-state index in [0.717, 1.165) is 11.1 Å². The molecule has 0 aliphatic heterocycles. The molecule has 190 valence electrons. The SMILES string of the molecule is CC(C)NC(=O)C(Cc1ccccc1)N(Cc1cccc(Cl)c1)C(=O)CSCc1c(F)cccc1Cl. The Hall–Kier alpha value is -2.54. The minimum atomic E-state index is -0.737. The van der Waals surface area contributed by atoms with Crippen molar-refractivity contribution in [1.29, 1.82) is 0 Å². The van der Waals surface area contributed by atoms with Gasteiger partial charge in [-0.1, -0.05) is 71.7 Å². The van der Waals surface area contributed by atoms with Crippen LogP contribution in [0.3, 0.4) is 0 Å². The number of carbonyl (C=O) groups excluding carboxylic acids is 2. The second-order valence-electron chi connectivity index (χ2n) is 8.71. The Labute approximate surface area is 226 Å². The fourth-order valence-electron chi connectivity index (χ4n) is 3.76. The van der Waals surface area contributed by atoms with Crippen LogP contribution in [-0.4, -0.2) is 34.6 Å². The van der Waals surface area contributed by atoms with Gasteiger partial charge in [-0.15, -0.1) is 11.8 Å². The molecule has 0 aliphatic carbocycles. The molecule has 8 heteroatoms. The lowest BCUT2D eigenvalue weighted by Gasteiger charge is -2.32. The van der Waals surface area contributed by atoms with Crippen LogP contribution < -0.4 is 5.32 Å². The van der Waals surface area contributed by atoms with Gasteiger partial charge >= 0.3 is 0 Å². The second kappa shape index (κ2) is 13.7. The van der Waals surface area contributed by atoms with Gasteiger partial charge in [0.2, 0.25) is 11.8 Å². The minimum absolute atomic E-state index is 0.0610. The van der Waals surface area contributed by atoms with Gasteiger partial charge in [0.25, 0.3) is 0 Å². The van der Waals surface area contributed by atoms with Crippen molar-refractivity contribution in [3.05, 3.63) is 105 Å². The van der Waals surface area contributed by atoms with E-state index in [0.29, 0.717) is 22.0 Å². The molecular weight excluding hydrogens is 518 g/mol. The van der Waals surface area contributed by atoms with Crippen molar-refractivity contribution in [2.24, 2.45) is 0 Å². The first-order valence-corrected chi connectivity index (χ1v) is 13.5. The molecule has 1 unspecified atom stereocenters. The zero-order chi connectivity index (χ0) is 26.1. The topological polar surface area (TPSA) is 49.4 Å². The normalized spacial score (nSPS) is 11.8. The number of halogens is 3. The van der Waals surface area contributed by atoms with Crippen molar-refractivity contribution >= 4 is 46.8 Å². The van der Waals surface area contributed by atoms with Crippen molar-refractivity contribution in [1.82, 2.24) is 10.2 Å². The standard InChI is InChI=1S/C28H29Cl2FN2O2S/c1-19(2)32-28(35)26(15-20-8-4-3-5-9-20)33(16-21-10-6-11-22(29)14-21)27(34)18-36-17-23-24(30)12-7-13-25(23)31/h3-14,19,26H,15-18H2,1-2H3,(H,32,35). The van der Waals surface area contributed by atoms with Gasteiger partial charge in [0.1, 0.15) is 11.9 Å². The summed E-state index contributed by atoms with van der Waals surface area (Å²) in [5, 5.41) is 3.83. The lowest BCUT2D eigenvalue weighted by atomic mass is 10.0. The summed E-state index contributed by atoms with van der Waals surface area (Å²) < 4.78 is 14.2. The molecule has 2 amide bonds. The molecule has 3 aromatic rings. The summed E-state index contributed by atoms with van der Waals surface area (Å²) in [6.07, 6.45) is 0.357. The summed E-state index contributed by atoms with van der Waals surface area (Å²) >= 11 is 13.6. The fraction of sp³-hybridized carbons (Fsp3) is 0.286. The molecule has 0 heterocycles. The van der Waals surface area contributed by atoms with E-state index in [-0.39, 0.29) is 35.9 Å². The predicted molar refractivity (Wildman–Crippen MR) is 147 cm³/mol. The van der Waals surface area contributed by atoms with Crippen LogP contribution in [0, 0.1) is 5.82 Å². The van der Waals surface area contributed by atoms with Crippen LogP contribution in [0.5, 0.6) is 0 Å². The molecule has 4 nitrogen and oxygen atoms in total. The molecule has 0 fully saturated rings. The molecule has 0 aliphatic rings. The molecule has 0 radical (unpaired) electrons. The number of nitrogens with one attached hydrogen (secondary N) is 1. The number of hydrogen-bond acceptors (Lipinski definition) is 3. The van der Waals surface area contributed by atoms with Crippen molar-refractivity contribution in [2.75, 3.05) is 5.75 Å². The summed E-state index contributed by atoms with van der Waals surface area (Å²) in [5.74, 6) is -0.565. The largest absolute Gasteiger partial charge is 0.352 e. The number of hydrogen-bond donors (Lipinski definition) is 1. The van der Waals surface area contributed by atoms with Gasteiger partial charge in [-0.3, -0.25) is 9.59 Å². The maximum absolute atomic E-state index is 14.2. The van der Waals surface area contributed by atoms with E-state index in [4.69, 9.17) is 23.2 Å². The van der Waals surface area contributed by atoms with Crippen LogP contribution in [0.1, 0.15) is 30.5 Å². The first-order valence-electron chi connectivity index (χ1n) is 11.6. The molecule has 3 aromatic carbocycles. The van der Waals surface area contributed by atoms with Gasteiger partial charge < -0.3 is 10.2 Å². The zero-order valence-electron chi connectivity index (χ0n) is 20.2. The summed E-state index contributed by atoms with van der Waals surface area (Å²) in [6.45, 7) is 3.98. The number of nitrogens with zero attached hydrogens (tertiary/aromatic N) is 1. The Bertz CT molecular complexity index is 1160. The molecule has 3 rings (SSSR count). The maximum atomic E-state index is 14.2. The predicted octanol–water partition coefficient (Wildman–Crippen LogP) is 6.53. The summed E-state index contributed by atoms with van der Waals surface area (Å²) in [7, 11) is 0. The highest BCUT2D eigenvalue weighted by molar-refractivity contribution is 7.99. The van der Waals surface area contributed by atoms with Crippen LogP contribution in [0.4, 0.5) is 4.39 Å². The Morgan fingerprint density at radius 2 is 1.67 bits per heavy atom. The van der Waals surface area contributed by atoms with Gasteiger partial charge in [-0.05, 0) is 49.2 Å². The molecule has 0 spiro atoms. The molecule has 1 N–H and O–H groups in total. The molecule has 36 heavy (non-hydrogen) atoms. The van der Waals surface area contributed by atoms with Crippen molar-refractivity contribution in [3.63, 3.8) is 0 Å². The van der Waals surface area contributed by atoms with Crippen LogP contribution in [0.15, 0.2) is 72.8 Å². The quantitative estimate of drug-likeness (QED) is 0.297. The van der Waals surface area contributed by atoms with Crippen molar-refractivity contribution in [2.45, 2.75) is 44.6 Å². The maximum Gasteiger partial charge on any atom is 0.243 e. The lowest BCUT2D eigenvalue weighted by molar-refractivity contribution is -0.139. The van der Waals surface area contributed by atoms with E-state index < -0.39 is 11.9 Å². The number of rotatable bonds is 11. The first kappa shape index (κ1) is 28.0. The Morgan fingerprint density at radius 3 is 2.33 bits per heavy atom. The van der Waals surface area contributed by atoms with Gasteiger partial charge in [0.05, 0.1) is 5.75 Å². The average Bonchev–Trinajstić information content (AvgIpc) is 2.83. The zero-order valence-corrected chi connectivity index (χ0v) is 22.5. The third-order valence-electron chi connectivity index (χ3n) is 5.48. The lowest BCUT2D eigenvalue weighted by Crippen LogP contribution is -2.52. The van der Waals surface area contributed by atoms with E-state index in [1.807, 2.05) is 56.3 Å². The number of thioether (sulfide) groups is 1. The Balaban J connectivity index is 1.87. The molecule has 1 atom stereocenters. The Kier molecular flexibility index (Phi) is 10.7. The summed E-state index contributed by atoms with van der Waals surface area (Å²) in [5.41, 5.74) is 2.11. The van der Waals surface area contributed by atoms with Gasteiger partial charge in [-0.2, -0.15) is 0 Å². The van der Waals surface area contributed by atoms with E-state index in [2.05, 4.69) is 5.32 Å². The van der Waals surface area contributed by atoms with E-state index >= 15 is 0 Å². The van der Waals surface area contributed by atoms with Gasteiger partial charge in [-0.25, -0.2) is 4.39 Å². The van der Waals surface area contributed by atoms with E-state index in [9.17, 15) is 14.0 Å². The third-order valence-corrected chi connectivity index (χ3v) is 7.01. The molecular formula is C28H29Cl2FN2O2S. The van der Waals surface area contributed by atoms with Crippen LogP contribution >= 0.6 is 35.0 Å². The highest BCUT2D eigenvalue weighted by Crippen LogP contribution is 2.25. The molecule has 0 aromatic heterocycles. The number of carbonyl (C=O) groups is 2. The summed E-state index contributed by atoms with van der Waals surface area (Å²) in [4.78, 5) is 28.5. The van der Waals surface area contributed by atoms with Gasteiger partial charge in [0, 0.05) is 40.4 Å². The molecule has 0 bridgehead atoms. The average molecular weight is 548 g/mol. The fourth-order valence-corrected chi connectivity index (χ4v) is 5.22. The monoisotopic (exact) mass is 546 g/mol. The van der Waals surface area contributed by atoms with Gasteiger partial charge in [0.15, 0.2) is 0 Å². The van der Waals surface area contributed by atoms with E-state index in [1.54, 1.807) is 29.2 Å². The van der Waals surface area contributed by atoms with Crippen molar-refractivity contribution in [3.8, 4) is 0 Å². The third kappa shape index (κ3) is 8.26. The smallest absolute Gasteiger partial charge is 0.243 e. The first-order chi connectivity index (χ1) is 17.2. The van der Waals surface area contributed by atoms with Crippen molar-refractivity contribution < 1.29 is 14.0 Å². The van der Waals surface area contributed by atoms with Crippen LogP contribution in [-0.2, 0) is 28.3 Å². The second-order valence-corrected chi connectivity index (χ2v) is 10.5. The number of benzene rings is 3. The van der Waals surface area contributed by atoms with E-state index in [1.165, 1.54) is 17.8 Å². The highest BCUT2D eigenvalue weighted by Gasteiger charge is 2.30. The highest BCUT2D eigenvalue weighted by atomic mass is 35.5. The van der Waals surface area contributed by atoms with Crippen LogP contribution in [0.25, 0.3) is 0 Å². The van der Waals surface area contributed by atoms with Crippen LogP contribution in [0.2, 0.25) is 10.0 Å². The number of amides is 2. The Morgan fingerprint density at radius 1 is 0.972 bits per heavy atom.